The van der Waals surface area contributed by atoms with Crippen LogP contribution >= 0.6 is 0 Å². The Kier molecular flexibility index (Phi) is 2.99. The molecule has 1 aliphatic heterocycles. The van der Waals surface area contributed by atoms with E-state index in [-0.39, 0.29) is 5.91 Å². The molecule has 1 atom stereocenters. The molecule has 1 fully saturated rings. The molecule has 0 aliphatic carbocycles. The maximum absolute atomic E-state index is 11.9. The second kappa shape index (κ2) is 4.44. The number of aromatic nitrogens is 2. The highest BCUT2D eigenvalue weighted by Gasteiger charge is 2.34. The minimum atomic E-state index is -1.05. The number of amides is 2. The number of carbonyl (C=O) groups excluding carboxylic acids is 1. The van der Waals surface area contributed by atoms with Crippen LogP contribution < -0.4 is 5.32 Å². The SMILES string of the molecule is Cn1cc(NC(=O)[C@@H]2CCCN2C(=O)O)cn1. The normalized spacial score (nSPS) is 19.4. The third kappa shape index (κ3) is 2.38. The predicted molar refractivity (Wildman–Crippen MR) is 59.6 cm³/mol. The van der Waals surface area contributed by atoms with Gasteiger partial charge in [-0.25, -0.2) is 4.79 Å². The fraction of sp³-hybridized carbons (Fsp3) is 0.500. The maximum Gasteiger partial charge on any atom is 0.407 e. The highest BCUT2D eigenvalue weighted by atomic mass is 16.4. The van der Waals surface area contributed by atoms with Gasteiger partial charge in [-0.15, -0.1) is 0 Å². The summed E-state index contributed by atoms with van der Waals surface area (Å²) < 4.78 is 1.57. The zero-order valence-electron chi connectivity index (χ0n) is 9.46. The van der Waals surface area contributed by atoms with E-state index < -0.39 is 12.1 Å². The molecule has 0 spiro atoms. The molecule has 0 unspecified atom stereocenters. The number of nitrogens with zero attached hydrogens (tertiary/aromatic N) is 3. The lowest BCUT2D eigenvalue weighted by Gasteiger charge is -2.20. The van der Waals surface area contributed by atoms with Gasteiger partial charge in [0.1, 0.15) is 6.04 Å². The van der Waals surface area contributed by atoms with Gasteiger partial charge in [0.25, 0.3) is 0 Å². The van der Waals surface area contributed by atoms with Gasteiger partial charge in [0.05, 0.1) is 11.9 Å². The molecule has 17 heavy (non-hydrogen) atoms. The van der Waals surface area contributed by atoms with Gasteiger partial charge in [-0.3, -0.25) is 14.4 Å². The van der Waals surface area contributed by atoms with E-state index in [0.29, 0.717) is 18.7 Å². The van der Waals surface area contributed by atoms with Crippen LogP contribution in [0.15, 0.2) is 12.4 Å². The molecule has 1 aromatic rings. The van der Waals surface area contributed by atoms with Crippen molar-refractivity contribution in [1.82, 2.24) is 14.7 Å². The van der Waals surface area contributed by atoms with Gasteiger partial charge in [-0.05, 0) is 12.8 Å². The molecule has 2 N–H and O–H groups in total. The summed E-state index contributed by atoms with van der Waals surface area (Å²) in [6.45, 7) is 0.417. The van der Waals surface area contributed by atoms with E-state index in [2.05, 4.69) is 10.4 Å². The molecular weight excluding hydrogens is 224 g/mol. The summed E-state index contributed by atoms with van der Waals surface area (Å²) in [5.74, 6) is -0.294. The van der Waals surface area contributed by atoms with Crippen molar-refractivity contribution in [3.05, 3.63) is 12.4 Å². The second-order valence-corrected chi connectivity index (χ2v) is 4.03. The van der Waals surface area contributed by atoms with Crippen LogP contribution in [0.4, 0.5) is 10.5 Å². The fourth-order valence-electron chi connectivity index (χ4n) is 1.98. The number of likely N-dealkylation sites (tertiary alicyclic amines) is 1. The number of nitrogens with one attached hydrogen (secondary N) is 1. The molecule has 7 nitrogen and oxygen atoms in total. The van der Waals surface area contributed by atoms with Crippen LogP contribution in [0.2, 0.25) is 0 Å². The van der Waals surface area contributed by atoms with Gasteiger partial charge >= 0.3 is 6.09 Å². The van der Waals surface area contributed by atoms with Crippen molar-refractivity contribution >= 4 is 17.7 Å². The topological polar surface area (TPSA) is 87.5 Å². The van der Waals surface area contributed by atoms with Crippen LogP contribution in [-0.2, 0) is 11.8 Å². The molecule has 0 radical (unpaired) electrons. The number of hydrogen-bond acceptors (Lipinski definition) is 3. The first-order chi connectivity index (χ1) is 8.08. The Hall–Kier alpha value is -2.05. The molecule has 7 heteroatoms. The van der Waals surface area contributed by atoms with Crippen LogP contribution in [0.25, 0.3) is 0 Å². The largest absolute Gasteiger partial charge is 0.465 e. The number of rotatable bonds is 2. The summed E-state index contributed by atoms with van der Waals surface area (Å²) in [6.07, 6.45) is 3.43. The van der Waals surface area contributed by atoms with Gasteiger partial charge in [-0.2, -0.15) is 5.10 Å². The Morgan fingerprint density at radius 2 is 2.35 bits per heavy atom. The van der Waals surface area contributed by atoms with Gasteiger partial charge in [-0.1, -0.05) is 0 Å². The van der Waals surface area contributed by atoms with Crippen molar-refractivity contribution in [2.75, 3.05) is 11.9 Å². The second-order valence-electron chi connectivity index (χ2n) is 4.03. The monoisotopic (exact) mass is 238 g/mol. The van der Waals surface area contributed by atoms with E-state index in [1.807, 2.05) is 0 Å². The highest BCUT2D eigenvalue weighted by Crippen LogP contribution is 2.18. The molecule has 0 bridgehead atoms. The summed E-state index contributed by atoms with van der Waals surface area (Å²) in [7, 11) is 1.74. The molecule has 0 saturated carbocycles. The Balaban J connectivity index is 2.02. The quantitative estimate of drug-likeness (QED) is 0.785. The van der Waals surface area contributed by atoms with E-state index in [4.69, 9.17) is 5.11 Å². The summed E-state index contributed by atoms with van der Waals surface area (Å²) in [5, 5.41) is 15.5. The lowest BCUT2D eigenvalue weighted by molar-refractivity contribution is -0.119. The third-order valence-corrected chi connectivity index (χ3v) is 2.77. The Morgan fingerprint density at radius 3 is 2.94 bits per heavy atom. The van der Waals surface area contributed by atoms with Crippen molar-refractivity contribution in [2.24, 2.45) is 7.05 Å². The standard InChI is InChI=1S/C10H14N4O3/c1-13-6-7(5-11-13)12-9(15)8-3-2-4-14(8)10(16)17/h5-6,8H,2-4H2,1H3,(H,12,15)(H,16,17)/t8-/m0/s1. The summed E-state index contributed by atoms with van der Waals surface area (Å²) in [6, 6.07) is -0.590. The van der Waals surface area contributed by atoms with Crippen molar-refractivity contribution in [3.63, 3.8) is 0 Å². The smallest absolute Gasteiger partial charge is 0.407 e. The molecule has 1 aliphatic rings. The van der Waals surface area contributed by atoms with Gasteiger partial charge in [0, 0.05) is 19.8 Å². The first-order valence-corrected chi connectivity index (χ1v) is 5.37. The van der Waals surface area contributed by atoms with Crippen LogP contribution in [0.5, 0.6) is 0 Å². The molecule has 1 saturated heterocycles. The molecule has 2 heterocycles. The molecule has 92 valence electrons. The summed E-state index contributed by atoms with van der Waals surface area (Å²) in [5.41, 5.74) is 0.578. The number of aryl methyl sites for hydroxylation is 1. The Bertz CT molecular complexity index is 443. The average molecular weight is 238 g/mol. The van der Waals surface area contributed by atoms with E-state index >= 15 is 0 Å². The van der Waals surface area contributed by atoms with E-state index in [1.165, 1.54) is 11.1 Å². The Morgan fingerprint density at radius 1 is 1.59 bits per heavy atom. The maximum atomic E-state index is 11.9. The van der Waals surface area contributed by atoms with Crippen LogP contribution in [0.1, 0.15) is 12.8 Å². The first-order valence-electron chi connectivity index (χ1n) is 5.37. The van der Waals surface area contributed by atoms with Crippen molar-refractivity contribution in [2.45, 2.75) is 18.9 Å². The lowest BCUT2D eigenvalue weighted by atomic mass is 10.2. The van der Waals surface area contributed by atoms with E-state index in [0.717, 1.165) is 6.42 Å². The zero-order chi connectivity index (χ0) is 12.4. The minimum Gasteiger partial charge on any atom is -0.465 e. The van der Waals surface area contributed by atoms with E-state index in [9.17, 15) is 9.59 Å². The van der Waals surface area contributed by atoms with Crippen LogP contribution in [0, 0.1) is 0 Å². The number of carbonyl (C=O) groups is 2. The Labute approximate surface area is 98.0 Å². The number of hydrogen-bond donors (Lipinski definition) is 2. The molecule has 2 amide bonds. The minimum absolute atomic E-state index is 0.294. The van der Waals surface area contributed by atoms with Crippen molar-refractivity contribution in [1.29, 1.82) is 0 Å². The highest BCUT2D eigenvalue weighted by molar-refractivity contribution is 5.96. The number of anilines is 1. The molecular formula is C10H14N4O3. The van der Waals surface area contributed by atoms with Crippen LogP contribution in [0.3, 0.4) is 0 Å². The number of carboxylic acid groups (broad SMARTS) is 1. The molecule has 0 aromatic carbocycles. The fourth-order valence-corrected chi connectivity index (χ4v) is 1.98. The average Bonchev–Trinajstić information content (AvgIpc) is 2.86. The van der Waals surface area contributed by atoms with Gasteiger partial charge in [0.15, 0.2) is 0 Å². The summed E-state index contributed by atoms with van der Waals surface area (Å²) >= 11 is 0. The van der Waals surface area contributed by atoms with Crippen LogP contribution in [-0.4, -0.2) is 44.4 Å². The van der Waals surface area contributed by atoms with Crippen molar-refractivity contribution in [3.8, 4) is 0 Å². The third-order valence-electron chi connectivity index (χ3n) is 2.77. The zero-order valence-corrected chi connectivity index (χ0v) is 9.46. The molecule has 2 rings (SSSR count). The lowest BCUT2D eigenvalue weighted by Crippen LogP contribution is -2.42. The van der Waals surface area contributed by atoms with Gasteiger partial charge in [0.2, 0.25) is 5.91 Å². The van der Waals surface area contributed by atoms with Gasteiger partial charge < -0.3 is 10.4 Å². The summed E-state index contributed by atoms with van der Waals surface area (Å²) in [4.78, 5) is 24.0. The first kappa shape index (κ1) is 11.4. The van der Waals surface area contributed by atoms with E-state index in [1.54, 1.807) is 17.9 Å². The predicted octanol–water partition coefficient (Wildman–Crippen LogP) is 0.501. The molecule has 1 aromatic heterocycles. The van der Waals surface area contributed by atoms with Crippen molar-refractivity contribution < 1.29 is 14.7 Å².